The normalized spacial score (nSPS) is 11.3. The predicted molar refractivity (Wildman–Crippen MR) is 188 cm³/mol. The zero-order valence-corrected chi connectivity index (χ0v) is 29.4. The highest BCUT2D eigenvalue weighted by atomic mass is 79.9. The summed E-state index contributed by atoms with van der Waals surface area (Å²) in [5.41, 5.74) is 2.64. The van der Waals surface area contributed by atoms with Crippen LogP contribution < -0.4 is 0 Å². The maximum atomic E-state index is 12.5. The van der Waals surface area contributed by atoms with Gasteiger partial charge in [0.1, 0.15) is 34.5 Å². The van der Waals surface area contributed by atoms with E-state index >= 15 is 0 Å². The summed E-state index contributed by atoms with van der Waals surface area (Å²) in [5, 5.41) is 68.1. The van der Waals surface area contributed by atoms with Crippen LogP contribution in [-0.2, 0) is 19.4 Å². The van der Waals surface area contributed by atoms with Crippen molar-refractivity contribution in [3.63, 3.8) is 0 Å². The van der Waals surface area contributed by atoms with Gasteiger partial charge in [-0.05, 0) is 94.1 Å². The summed E-state index contributed by atoms with van der Waals surface area (Å²) in [6.07, 6.45) is -0.339. The van der Waals surface area contributed by atoms with Gasteiger partial charge in [0.2, 0.25) is 0 Å². The molecule has 0 saturated heterocycles. The lowest BCUT2D eigenvalue weighted by atomic mass is 9.92. The minimum absolute atomic E-state index is 0.00385. The number of fused-ring (bicyclic) bond motifs is 1. The van der Waals surface area contributed by atoms with E-state index in [1.807, 2.05) is 0 Å². The summed E-state index contributed by atoms with van der Waals surface area (Å²) >= 11 is 3.63. The second-order valence-electron chi connectivity index (χ2n) is 12.4. The molecule has 254 valence electrons. The second-order valence-corrected chi connectivity index (χ2v) is 13.3. The Hall–Kier alpha value is -5.29. The first-order valence-electron chi connectivity index (χ1n) is 15.4. The Kier molecular flexibility index (Phi) is 9.27. The van der Waals surface area contributed by atoms with Crippen molar-refractivity contribution in [1.29, 1.82) is 0 Å². The average molecular weight is 731 g/mol. The van der Waals surface area contributed by atoms with Crippen LogP contribution in [-0.4, -0.2) is 52.6 Å². The van der Waals surface area contributed by atoms with Crippen molar-refractivity contribution in [3.8, 4) is 34.5 Å². The molecule has 0 atom stereocenters. The van der Waals surface area contributed by atoms with Gasteiger partial charge in [0.15, 0.2) is 17.3 Å². The number of ketones is 3. The van der Waals surface area contributed by atoms with Crippen molar-refractivity contribution in [2.24, 2.45) is 0 Å². The fraction of sp³-hybridized carbons (Fsp3) is 0.237. The zero-order valence-electron chi connectivity index (χ0n) is 27.8. The summed E-state index contributed by atoms with van der Waals surface area (Å²) in [6.45, 7) is 8.49. The van der Waals surface area contributed by atoms with Gasteiger partial charge in [-0.1, -0.05) is 22.0 Å². The van der Waals surface area contributed by atoms with Crippen LogP contribution in [0.4, 0.5) is 0 Å². The third-order valence-corrected chi connectivity index (χ3v) is 9.75. The average Bonchev–Trinajstić information content (AvgIpc) is 3.32. The molecular formula is C38H36BrNO9. The molecule has 0 unspecified atom stereocenters. The topological polar surface area (TPSA) is 178 Å². The second kappa shape index (κ2) is 13.0. The van der Waals surface area contributed by atoms with Crippen molar-refractivity contribution < 1.29 is 45.0 Å². The first-order chi connectivity index (χ1) is 23.0. The molecule has 5 rings (SSSR count). The molecule has 4 aromatic carbocycles. The van der Waals surface area contributed by atoms with Crippen LogP contribution in [0.5, 0.6) is 34.5 Å². The van der Waals surface area contributed by atoms with E-state index < -0.39 is 34.6 Å². The number of carbonyl (C=O) groups excluding carboxylic acids is 3. The van der Waals surface area contributed by atoms with Gasteiger partial charge in [-0.2, -0.15) is 0 Å². The number of benzene rings is 4. The van der Waals surface area contributed by atoms with Crippen LogP contribution in [0, 0.1) is 20.8 Å². The highest BCUT2D eigenvalue weighted by Crippen LogP contribution is 2.44. The molecule has 0 fully saturated rings. The number of aromatic hydroxyl groups is 6. The van der Waals surface area contributed by atoms with E-state index in [1.54, 1.807) is 43.5 Å². The Bertz CT molecular complexity index is 2250. The molecule has 0 amide bonds. The molecule has 0 spiro atoms. The van der Waals surface area contributed by atoms with Crippen LogP contribution in [0.2, 0.25) is 0 Å². The fourth-order valence-electron chi connectivity index (χ4n) is 6.45. The molecule has 0 aliphatic heterocycles. The number of phenolic OH excluding ortho intramolecular Hbond substituents is 6. The monoisotopic (exact) mass is 729 g/mol. The van der Waals surface area contributed by atoms with E-state index in [9.17, 15) is 45.0 Å². The van der Waals surface area contributed by atoms with Crippen LogP contribution >= 0.6 is 15.9 Å². The van der Waals surface area contributed by atoms with Crippen molar-refractivity contribution in [3.05, 3.63) is 102 Å². The van der Waals surface area contributed by atoms with Gasteiger partial charge in [0.25, 0.3) is 0 Å². The maximum Gasteiger partial charge on any atom is 0.163 e. The van der Waals surface area contributed by atoms with Gasteiger partial charge >= 0.3 is 0 Å². The van der Waals surface area contributed by atoms with Gasteiger partial charge in [-0.15, -0.1) is 0 Å². The van der Waals surface area contributed by atoms with Gasteiger partial charge in [-0.25, -0.2) is 0 Å². The highest BCUT2D eigenvalue weighted by molar-refractivity contribution is 9.10. The van der Waals surface area contributed by atoms with Crippen molar-refractivity contribution >= 4 is 44.2 Å². The Labute approximate surface area is 290 Å². The summed E-state index contributed by atoms with van der Waals surface area (Å²) < 4.78 is 2.33. The van der Waals surface area contributed by atoms with Crippen molar-refractivity contribution in [2.75, 3.05) is 0 Å². The molecule has 10 nitrogen and oxygen atoms in total. The number of halogens is 1. The number of rotatable bonds is 9. The summed E-state index contributed by atoms with van der Waals surface area (Å²) in [6, 6.07) is 9.51. The number of Topliss-reactive ketones (excluding diaryl/α,β-unsaturated/α-hetero) is 3. The molecule has 0 saturated carbocycles. The van der Waals surface area contributed by atoms with E-state index in [0.29, 0.717) is 43.3 Å². The third kappa shape index (κ3) is 5.99. The Morgan fingerprint density at radius 2 is 1.00 bits per heavy atom. The first kappa shape index (κ1) is 35.0. The molecule has 6 N–H and O–H groups in total. The number of nitrogens with zero attached hydrogens (tertiary/aromatic N) is 1. The molecule has 5 aromatic rings. The van der Waals surface area contributed by atoms with Gasteiger partial charge < -0.3 is 35.2 Å². The smallest absolute Gasteiger partial charge is 0.163 e. The van der Waals surface area contributed by atoms with Gasteiger partial charge in [-0.3, -0.25) is 14.4 Å². The Morgan fingerprint density at radius 3 is 1.45 bits per heavy atom. The van der Waals surface area contributed by atoms with Gasteiger partial charge in [0.05, 0.1) is 28.8 Å². The SMILES string of the molecule is CC(=O)c1cc(C)c(O)c(Cc2c(Cc3c(O)c(C)cc(C(C)=O)c3O)n(Cc3c(O)c(C)cc(C(C)=O)c3O)c3cccc(Br)c23)c1O. The summed E-state index contributed by atoms with van der Waals surface area (Å²) in [4.78, 5) is 37.4. The maximum absolute atomic E-state index is 12.5. The largest absolute Gasteiger partial charge is 0.507 e. The number of hydrogen-bond donors (Lipinski definition) is 6. The fourth-order valence-corrected chi connectivity index (χ4v) is 7.05. The zero-order chi connectivity index (χ0) is 36.2. The minimum Gasteiger partial charge on any atom is -0.507 e. The molecule has 0 aliphatic carbocycles. The summed E-state index contributed by atoms with van der Waals surface area (Å²) in [7, 11) is 0. The van der Waals surface area contributed by atoms with E-state index in [-0.39, 0.29) is 70.0 Å². The van der Waals surface area contributed by atoms with E-state index in [0.717, 1.165) is 0 Å². The molecule has 0 radical (unpaired) electrons. The summed E-state index contributed by atoms with van der Waals surface area (Å²) in [5.74, 6) is -3.25. The molecule has 1 aromatic heterocycles. The van der Waals surface area contributed by atoms with Crippen molar-refractivity contribution in [2.45, 2.75) is 60.9 Å². The number of aryl methyl sites for hydroxylation is 3. The highest BCUT2D eigenvalue weighted by Gasteiger charge is 2.29. The number of hydrogen-bond acceptors (Lipinski definition) is 9. The van der Waals surface area contributed by atoms with E-state index in [4.69, 9.17) is 0 Å². The van der Waals surface area contributed by atoms with E-state index in [2.05, 4.69) is 15.9 Å². The lowest BCUT2D eigenvalue weighted by Crippen LogP contribution is -2.10. The van der Waals surface area contributed by atoms with Crippen LogP contribution in [0.3, 0.4) is 0 Å². The molecule has 0 bridgehead atoms. The Morgan fingerprint density at radius 1 is 0.592 bits per heavy atom. The molecule has 49 heavy (non-hydrogen) atoms. The lowest BCUT2D eigenvalue weighted by Gasteiger charge is -2.19. The number of phenols is 6. The lowest BCUT2D eigenvalue weighted by molar-refractivity contribution is 0.100. The van der Waals surface area contributed by atoms with Crippen molar-refractivity contribution in [1.82, 2.24) is 4.57 Å². The third-order valence-electron chi connectivity index (χ3n) is 9.09. The molecule has 11 heteroatoms. The standard InChI is InChI=1S/C38H36BrNO9/c1-16-10-22(19(4)41)36(47)26(33(16)44)13-25-31(14-27-34(45)17(2)11-23(20(5)42)37(27)48)40(30-9-7-8-29(39)32(25)30)15-28-35(46)18(3)12-24(21(6)43)38(28)49/h7-12,44-49H,13-15H2,1-6H3. The van der Waals surface area contributed by atoms with Gasteiger partial charge in [0, 0.05) is 45.0 Å². The number of aromatic nitrogens is 1. The molecule has 1 heterocycles. The first-order valence-corrected chi connectivity index (χ1v) is 16.2. The Balaban J connectivity index is 1.91. The van der Waals surface area contributed by atoms with Crippen LogP contribution in [0.15, 0.2) is 40.9 Å². The van der Waals surface area contributed by atoms with Crippen LogP contribution in [0.25, 0.3) is 10.9 Å². The molecule has 0 aliphatic rings. The predicted octanol–water partition coefficient (Wildman–Crippen LogP) is 7.40. The quantitative estimate of drug-likeness (QED) is 0.0844. The van der Waals surface area contributed by atoms with Crippen LogP contribution in [0.1, 0.15) is 96.5 Å². The van der Waals surface area contributed by atoms with E-state index in [1.165, 1.54) is 39.0 Å². The molecular weight excluding hydrogens is 694 g/mol. The minimum atomic E-state index is -0.433. The number of carbonyl (C=O) groups is 3.